The second-order valence-corrected chi connectivity index (χ2v) is 5.26. The van der Waals surface area contributed by atoms with Crippen LogP contribution in [0.3, 0.4) is 0 Å². The van der Waals surface area contributed by atoms with E-state index in [1.54, 1.807) is 20.8 Å². The van der Waals surface area contributed by atoms with Crippen LogP contribution in [0.25, 0.3) is 0 Å². The maximum absolute atomic E-state index is 11.7. The highest BCUT2D eigenvalue weighted by Crippen LogP contribution is 2.33. The third kappa shape index (κ3) is 4.33. The first kappa shape index (κ1) is 17.2. The number of benzene rings is 1. The summed E-state index contributed by atoms with van der Waals surface area (Å²) in [6, 6.07) is 1.87. The van der Waals surface area contributed by atoms with Gasteiger partial charge in [-0.1, -0.05) is 0 Å². The zero-order chi connectivity index (χ0) is 17.1. The number of carbonyl (C=O) groups excluding carboxylic acids is 1. The van der Waals surface area contributed by atoms with Gasteiger partial charge in [-0.25, -0.2) is 9.59 Å². The minimum atomic E-state index is -1.50. The number of hydrogen-bond acceptors (Lipinski definition) is 6. The van der Waals surface area contributed by atoms with Crippen LogP contribution in [0.4, 0.5) is 16.2 Å². The largest absolute Gasteiger partial charge is 0.494 e. The van der Waals surface area contributed by atoms with Crippen LogP contribution in [0.2, 0.25) is 0 Å². The predicted octanol–water partition coefficient (Wildman–Crippen LogP) is 2.65. The first-order valence-electron chi connectivity index (χ1n) is 6.15. The molecule has 0 aliphatic carbocycles. The lowest BCUT2D eigenvalue weighted by Crippen LogP contribution is -2.27. The van der Waals surface area contributed by atoms with Crippen LogP contribution in [0.5, 0.6) is 5.75 Å². The van der Waals surface area contributed by atoms with Crippen molar-refractivity contribution in [3.8, 4) is 5.75 Å². The van der Waals surface area contributed by atoms with Crippen LogP contribution >= 0.6 is 0 Å². The molecule has 2 N–H and O–H groups in total. The Morgan fingerprint density at radius 2 is 1.91 bits per heavy atom. The Kier molecular flexibility index (Phi) is 4.92. The number of anilines is 1. The number of carboxylic acid groups (broad SMARTS) is 1. The molecule has 0 fully saturated rings. The van der Waals surface area contributed by atoms with Gasteiger partial charge in [-0.05, 0) is 26.8 Å². The zero-order valence-corrected chi connectivity index (χ0v) is 12.5. The van der Waals surface area contributed by atoms with Crippen LogP contribution in [0.15, 0.2) is 12.1 Å². The first-order chi connectivity index (χ1) is 10.0. The molecule has 1 rings (SSSR count). The second kappa shape index (κ2) is 6.29. The molecule has 0 saturated heterocycles. The normalized spacial score (nSPS) is 10.7. The second-order valence-electron chi connectivity index (χ2n) is 5.26. The Balaban J connectivity index is 3.24. The number of amides is 1. The van der Waals surface area contributed by atoms with Crippen LogP contribution in [-0.2, 0) is 4.74 Å². The fourth-order valence-corrected chi connectivity index (χ4v) is 1.57. The van der Waals surface area contributed by atoms with Crippen molar-refractivity contribution >= 4 is 23.4 Å². The number of ether oxygens (including phenoxy) is 2. The summed E-state index contributed by atoms with van der Waals surface area (Å²) in [5, 5.41) is 22.2. The highest BCUT2D eigenvalue weighted by atomic mass is 16.6. The molecule has 1 amide bonds. The molecule has 0 aliphatic heterocycles. The Morgan fingerprint density at radius 1 is 1.32 bits per heavy atom. The fraction of sp³-hybridized carbons (Fsp3) is 0.385. The molecule has 1 aromatic rings. The maximum Gasteiger partial charge on any atom is 0.412 e. The van der Waals surface area contributed by atoms with Crippen molar-refractivity contribution in [1.29, 1.82) is 0 Å². The molecule has 120 valence electrons. The third-order valence-electron chi connectivity index (χ3n) is 2.38. The standard InChI is InChI=1S/C13H16N2O7/c1-13(2,3)22-12(18)14-8-5-7(11(16)17)9(15(19)20)6-10(8)21-4/h5-6H,1-4H3,(H,14,18)(H,16,17). The molecule has 0 aliphatic rings. The summed E-state index contributed by atoms with van der Waals surface area (Å²) in [5.74, 6) is -1.55. The van der Waals surface area contributed by atoms with Crippen molar-refractivity contribution in [2.45, 2.75) is 26.4 Å². The molecule has 0 unspecified atom stereocenters. The number of hydrogen-bond donors (Lipinski definition) is 2. The molecule has 0 spiro atoms. The molecule has 1 aromatic carbocycles. The average Bonchev–Trinajstić information content (AvgIpc) is 2.35. The van der Waals surface area contributed by atoms with Crippen LogP contribution < -0.4 is 10.1 Å². The lowest BCUT2D eigenvalue weighted by molar-refractivity contribution is -0.385. The molecule has 0 heterocycles. The molecule has 9 heteroatoms. The maximum atomic E-state index is 11.7. The number of nitro groups is 1. The number of aromatic carboxylic acids is 1. The van der Waals surface area contributed by atoms with E-state index in [1.807, 2.05) is 0 Å². The lowest BCUT2D eigenvalue weighted by Gasteiger charge is -2.20. The number of carboxylic acids is 1. The van der Waals surface area contributed by atoms with Crippen molar-refractivity contribution in [2.75, 3.05) is 12.4 Å². The molecule has 0 saturated carbocycles. The van der Waals surface area contributed by atoms with Crippen LogP contribution in [0.1, 0.15) is 31.1 Å². The number of nitro benzene ring substituents is 1. The lowest BCUT2D eigenvalue weighted by atomic mass is 10.1. The van der Waals surface area contributed by atoms with Crippen LogP contribution in [-0.4, -0.2) is 34.8 Å². The summed E-state index contributed by atoms with van der Waals surface area (Å²) in [7, 11) is 1.24. The summed E-state index contributed by atoms with van der Waals surface area (Å²) in [5.41, 5.74) is -2.01. The Bertz CT molecular complexity index is 620. The van der Waals surface area contributed by atoms with E-state index < -0.39 is 33.8 Å². The van der Waals surface area contributed by atoms with E-state index in [9.17, 15) is 19.7 Å². The number of rotatable bonds is 4. The zero-order valence-electron chi connectivity index (χ0n) is 12.5. The molecule has 9 nitrogen and oxygen atoms in total. The number of nitrogens with one attached hydrogen (secondary N) is 1. The summed E-state index contributed by atoms with van der Waals surface area (Å²) in [6.07, 6.45) is -0.837. The van der Waals surface area contributed by atoms with E-state index in [4.69, 9.17) is 14.6 Å². The summed E-state index contributed by atoms with van der Waals surface area (Å²) in [6.45, 7) is 4.97. The van der Waals surface area contributed by atoms with Gasteiger partial charge < -0.3 is 14.6 Å². The molecule has 0 radical (unpaired) electrons. The van der Waals surface area contributed by atoms with Crippen molar-refractivity contribution in [1.82, 2.24) is 0 Å². The van der Waals surface area contributed by atoms with Crippen molar-refractivity contribution in [3.05, 3.63) is 27.8 Å². The Labute approximate surface area is 126 Å². The number of carbonyl (C=O) groups is 2. The molecule has 0 bridgehead atoms. The molecule has 0 aromatic heterocycles. The van der Waals surface area contributed by atoms with E-state index >= 15 is 0 Å². The van der Waals surface area contributed by atoms with Gasteiger partial charge in [0, 0.05) is 0 Å². The summed E-state index contributed by atoms with van der Waals surface area (Å²) in [4.78, 5) is 32.9. The molecular weight excluding hydrogens is 296 g/mol. The van der Waals surface area contributed by atoms with Gasteiger partial charge in [-0.3, -0.25) is 15.4 Å². The van der Waals surface area contributed by atoms with Crippen molar-refractivity contribution in [2.24, 2.45) is 0 Å². The Hall–Kier alpha value is -2.84. The number of methoxy groups -OCH3 is 1. The van der Waals surface area contributed by atoms with Gasteiger partial charge in [0.1, 0.15) is 16.9 Å². The van der Waals surface area contributed by atoms with Crippen LogP contribution in [0, 0.1) is 10.1 Å². The van der Waals surface area contributed by atoms with Gasteiger partial charge in [-0.15, -0.1) is 0 Å². The minimum absolute atomic E-state index is 0.0419. The van der Waals surface area contributed by atoms with Gasteiger partial charge in [0.05, 0.1) is 23.8 Å². The van der Waals surface area contributed by atoms with E-state index in [1.165, 1.54) is 7.11 Å². The monoisotopic (exact) mass is 312 g/mol. The minimum Gasteiger partial charge on any atom is -0.494 e. The number of nitrogens with zero attached hydrogens (tertiary/aromatic N) is 1. The SMILES string of the molecule is COc1cc([N+](=O)[O-])c(C(=O)O)cc1NC(=O)OC(C)(C)C. The summed E-state index contributed by atoms with van der Waals surface area (Å²) < 4.78 is 9.97. The van der Waals surface area contributed by atoms with Gasteiger partial charge in [0.15, 0.2) is 0 Å². The average molecular weight is 312 g/mol. The van der Waals surface area contributed by atoms with Gasteiger partial charge >= 0.3 is 12.1 Å². The smallest absolute Gasteiger partial charge is 0.412 e. The molecular formula is C13H16N2O7. The van der Waals surface area contributed by atoms with E-state index in [-0.39, 0.29) is 11.4 Å². The topological polar surface area (TPSA) is 128 Å². The van der Waals surface area contributed by atoms with E-state index in [2.05, 4.69) is 5.32 Å². The first-order valence-corrected chi connectivity index (χ1v) is 6.15. The van der Waals surface area contributed by atoms with Crippen molar-refractivity contribution < 1.29 is 29.1 Å². The molecule has 0 atom stereocenters. The molecule has 22 heavy (non-hydrogen) atoms. The third-order valence-corrected chi connectivity index (χ3v) is 2.38. The highest BCUT2D eigenvalue weighted by molar-refractivity contribution is 5.97. The quantitative estimate of drug-likeness (QED) is 0.646. The van der Waals surface area contributed by atoms with Gasteiger partial charge in [-0.2, -0.15) is 0 Å². The summed E-state index contributed by atoms with van der Waals surface area (Å²) >= 11 is 0. The highest BCUT2D eigenvalue weighted by Gasteiger charge is 2.25. The fourth-order valence-electron chi connectivity index (χ4n) is 1.57. The van der Waals surface area contributed by atoms with Crippen molar-refractivity contribution in [3.63, 3.8) is 0 Å². The predicted molar refractivity (Wildman–Crippen MR) is 76.5 cm³/mol. The Morgan fingerprint density at radius 3 is 2.32 bits per heavy atom. The van der Waals surface area contributed by atoms with E-state index in [0.717, 1.165) is 12.1 Å². The van der Waals surface area contributed by atoms with Gasteiger partial charge in [0.25, 0.3) is 5.69 Å². The van der Waals surface area contributed by atoms with E-state index in [0.29, 0.717) is 0 Å². The van der Waals surface area contributed by atoms with Gasteiger partial charge in [0.2, 0.25) is 0 Å².